The Morgan fingerprint density at radius 1 is 0.929 bits per heavy atom. The van der Waals surface area contributed by atoms with E-state index in [1.54, 1.807) is 24.3 Å². The summed E-state index contributed by atoms with van der Waals surface area (Å²) in [6.45, 7) is 9.12. The lowest BCUT2D eigenvalue weighted by atomic mass is 10.1. The van der Waals surface area contributed by atoms with E-state index < -0.39 is 28.5 Å². The number of methoxy groups -OCH3 is 1. The number of carbonyl (C=O) groups is 2. The number of rotatable bonds is 13. The van der Waals surface area contributed by atoms with Gasteiger partial charge in [-0.1, -0.05) is 73.0 Å². The summed E-state index contributed by atoms with van der Waals surface area (Å²) in [7, 11) is -2.74. The highest BCUT2D eigenvalue weighted by atomic mass is 35.5. The Morgan fingerprint density at radius 3 is 2.05 bits per heavy atom. The van der Waals surface area contributed by atoms with Gasteiger partial charge in [0.25, 0.3) is 10.0 Å². The third-order valence-electron chi connectivity index (χ3n) is 7.17. The molecule has 0 unspecified atom stereocenters. The Balaban J connectivity index is 2.09. The molecule has 0 spiro atoms. The zero-order chi connectivity index (χ0) is 31.0. The highest BCUT2D eigenvalue weighted by Crippen LogP contribution is 2.32. The third kappa shape index (κ3) is 8.04. The zero-order valence-corrected chi connectivity index (χ0v) is 26.6. The molecule has 226 valence electrons. The number of amides is 2. The van der Waals surface area contributed by atoms with Gasteiger partial charge in [-0.15, -0.1) is 0 Å². The number of sulfonamides is 1. The van der Waals surface area contributed by atoms with Gasteiger partial charge in [0.2, 0.25) is 11.8 Å². The monoisotopic (exact) mass is 613 g/mol. The molecular weight excluding hydrogens is 574 g/mol. The fraction of sp³-hybridized carbons (Fsp3) is 0.375. The summed E-state index contributed by atoms with van der Waals surface area (Å²) in [5.74, 6) is -0.440. The molecule has 0 saturated carbocycles. The van der Waals surface area contributed by atoms with Crippen molar-refractivity contribution in [1.29, 1.82) is 0 Å². The number of nitrogens with zero attached hydrogens (tertiary/aromatic N) is 2. The SMILES string of the molecule is CC[C@@H](C)NC(=O)[C@@H](CC)N(Cc1ccc(C)cc1)C(=O)CN(c1ccc(OC)c(Cl)c1)S(=O)(=O)c1ccc(C)cc1. The first-order chi connectivity index (χ1) is 19.9. The molecule has 0 bridgehead atoms. The smallest absolute Gasteiger partial charge is 0.264 e. The van der Waals surface area contributed by atoms with E-state index in [4.69, 9.17) is 16.3 Å². The average molecular weight is 614 g/mol. The standard InChI is InChI=1S/C32H40ClN3O5S/c1-7-24(5)34-32(38)29(8-2)35(20-25-13-9-22(3)10-14-25)31(37)21-36(26-15-18-30(41-6)28(33)19-26)42(39,40)27-16-11-23(4)12-17-27/h9-19,24,29H,7-8,20-21H2,1-6H3,(H,34,38)/t24-,29-/m1/s1. The third-order valence-corrected chi connectivity index (χ3v) is 9.26. The molecule has 10 heteroatoms. The number of halogens is 1. The van der Waals surface area contributed by atoms with Crippen LogP contribution in [0.5, 0.6) is 5.75 Å². The first-order valence-corrected chi connectivity index (χ1v) is 15.8. The second-order valence-corrected chi connectivity index (χ2v) is 12.7. The van der Waals surface area contributed by atoms with Gasteiger partial charge in [0.05, 0.1) is 22.7 Å². The number of benzene rings is 3. The molecule has 42 heavy (non-hydrogen) atoms. The van der Waals surface area contributed by atoms with Crippen molar-refractivity contribution in [2.24, 2.45) is 0 Å². The van der Waals surface area contributed by atoms with Gasteiger partial charge in [0, 0.05) is 12.6 Å². The molecular formula is C32H40ClN3O5S. The Hall–Kier alpha value is -3.56. The van der Waals surface area contributed by atoms with Gasteiger partial charge in [-0.2, -0.15) is 0 Å². The number of ether oxygens (including phenoxy) is 1. The number of anilines is 1. The van der Waals surface area contributed by atoms with E-state index in [9.17, 15) is 18.0 Å². The molecule has 0 aliphatic carbocycles. The predicted molar refractivity (Wildman–Crippen MR) is 167 cm³/mol. The summed E-state index contributed by atoms with van der Waals surface area (Å²) in [6, 6.07) is 17.7. The lowest BCUT2D eigenvalue weighted by Crippen LogP contribution is -2.53. The minimum Gasteiger partial charge on any atom is -0.495 e. The second-order valence-electron chi connectivity index (χ2n) is 10.4. The molecule has 0 radical (unpaired) electrons. The molecule has 0 heterocycles. The maximum atomic E-state index is 14.2. The zero-order valence-electron chi connectivity index (χ0n) is 25.1. The van der Waals surface area contributed by atoms with E-state index in [1.807, 2.05) is 58.9 Å². The van der Waals surface area contributed by atoms with Crippen LogP contribution in [0, 0.1) is 13.8 Å². The fourth-order valence-electron chi connectivity index (χ4n) is 4.43. The Labute approximate surface area is 254 Å². The number of hydrogen-bond donors (Lipinski definition) is 1. The lowest BCUT2D eigenvalue weighted by molar-refractivity contribution is -0.140. The van der Waals surface area contributed by atoms with Crippen LogP contribution in [0.3, 0.4) is 0 Å². The van der Waals surface area contributed by atoms with Gasteiger partial charge in [-0.25, -0.2) is 8.42 Å². The van der Waals surface area contributed by atoms with Crippen LogP contribution in [-0.4, -0.2) is 50.9 Å². The Bertz CT molecular complexity index is 1480. The van der Waals surface area contributed by atoms with Crippen molar-refractivity contribution in [3.8, 4) is 5.75 Å². The quantitative estimate of drug-likeness (QED) is 0.260. The van der Waals surface area contributed by atoms with E-state index in [0.29, 0.717) is 12.2 Å². The van der Waals surface area contributed by atoms with Crippen LogP contribution in [-0.2, 0) is 26.2 Å². The Morgan fingerprint density at radius 2 is 1.52 bits per heavy atom. The van der Waals surface area contributed by atoms with Crippen LogP contribution in [0.25, 0.3) is 0 Å². The summed E-state index contributed by atoms with van der Waals surface area (Å²) in [5, 5.41) is 3.18. The highest BCUT2D eigenvalue weighted by Gasteiger charge is 2.34. The maximum absolute atomic E-state index is 14.2. The topological polar surface area (TPSA) is 96.0 Å². The largest absolute Gasteiger partial charge is 0.495 e. The molecule has 3 aromatic rings. The summed E-state index contributed by atoms with van der Waals surface area (Å²) in [4.78, 5) is 29.1. The molecule has 0 saturated heterocycles. The number of hydrogen-bond acceptors (Lipinski definition) is 5. The van der Waals surface area contributed by atoms with Crippen molar-refractivity contribution >= 4 is 39.1 Å². The second kappa shape index (κ2) is 14.6. The molecule has 2 amide bonds. The molecule has 0 fully saturated rings. The molecule has 3 rings (SSSR count). The summed E-state index contributed by atoms with van der Waals surface area (Å²) >= 11 is 6.39. The minimum absolute atomic E-state index is 0.0273. The van der Waals surface area contributed by atoms with Crippen molar-refractivity contribution in [3.63, 3.8) is 0 Å². The molecule has 0 aliphatic rings. The average Bonchev–Trinajstić information content (AvgIpc) is 2.96. The van der Waals surface area contributed by atoms with E-state index in [-0.39, 0.29) is 34.1 Å². The lowest BCUT2D eigenvalue weighted by Gasteiger charge is -2.34. The van der Waals surface area contributed by atoms with Crippen LogP contribution in [0.1, 0.15) is 50.3 Å². The number of aryl methyl sites for hydroxylation is 2. The molecule has 1 N–H and O–H groups in total. The van der Waals surface area contributed by atoms with Crippen LogP contribution in [0.4, 0.5) is 5.69 Å². The van der Waals surface area contributed by atoms with Gasteiger partial charge in [0.15, 0.2) is 0 Å². The normalized spacial score (nSPS) is 12.7. The first kappa shape index (κ1) is 32.9. The Kier molecular flexibility index (Phi) is 11.4. The van der Waals surface area contributed by atoms with E-state index in [2.05, 4.69) is 5.32 Å². The molecule has 8 nitrogen and oxygen atoms in total. The maximum Gasteiger partial charge on any atom is 0.264 e. The highest BCUT2D eigenvalue weighted by molar-refractivity contribution is 7.92. The van der Waals surface area contributed by atoms with E-state index >= 15 is 0 Å². The van der Waals surface area contributed by atoms with Crippen molar-refractivity contribution in [1.82, 2.24) is 10.2 Å². The van der Waals surface area contributed by atoms with Gasteiger partial charge in [-0.05, 0) is 69.5 Å². The molecule has 0 aromatic heterocycles. The van der Waals surface area contributed by atoms with Gasteiger partial charge < -0.3 is 15.0 Å². The van der Waals surface area contributed by atoms with E-state index in [1.165, 1.54) is 30.2 Å². The van der Waals surface area contributed by atoms with Gasteiger partial charge >= 0.3 is 0 Å². The predicted octanol–water partition coefficient (Wildman–Crippen LogP) is 5.88. The molecule has 2 atom stereocenters. The van der Waals surface area contributed by atoms with Crippen molar-refractivity contribution in [2.75, 3.05) is 18.0 Å². The summed E-state index contributed by atoms with van der Waals surface area (Å²) in [5.41, 5.74) is 2.97. The first-order valence-electron chi connectivity index (χ1n) is 14.0. The van der Waals surface area contributed by atoms with Crippen LogP contribution in [0.2, 0.25) is 5.02 Å². The summed E-state index contributed by atoms with van der Waals surface area (Å²) in [6.07, 6.45) is 1.08. The van der Waals surface area contributed by atoms with E-state index in [0.717, 1.165) is 27.4 Å². The van der Waals surface area contributed by atoms with Crippen LogP contribution < -0.4 is 14.4 Å². The fourth-order valence-corrected chi connectivity index (χ4v) is 6.09. The number of nitrogens with one attached hydrogen (secondary N) is 1. The minimum atomic E-state index is -4.20. The van der Waals surface area contributed by atoms with Crippen molar-refractivity contribution in [2.45, 2.75) is 71.0 Å². The van der Waals surface area contributed by atoms with Crippen LogP contribution in [0.15, 0.2) is 71.6 Å². The molecule has 0 aliphatic heterocycles. The number of carbonyl (C=O) groups excluding carboxylic acids is 2. The van der Waals surface area contributed by atoms with Gasteiger partial charge in [-0.3, -0.25) is 13.9 Å². The van der Waals surface area contributed by atoms with Crippen molar-refractivity contribution < 1.29 is 22.7 Å². The van der Waals surface area contributed by atoms with Crippen molar-refractivity contribution in [3.05, 3.63) is 88.4 Å². The molecule has 3 aromatic carbocycles. The summed E-state index contributed by atoms with van der Waals surface area (Å²) < 4.78 is 34.3. The van der Waals surface area contributed by atoms with Gasteiger partial charge in [0.1, 0.15) is 18.3 Å². The van der Waals surface area contributed by atoms with Crippen LogP contribution >= 0.6 is 11.6 Å².